The molecular formula is C16H19N3O3S. The maximum Gasteiger partial charge on any atom is 0.278 e. The highest BCUT2D eigenvalue weighted by Crippen LogP contribution is 2.25. The molecule has 7 heteroatoms. The number of methoxy groups -OCH3 is 1. The van der Waals surface area contributed by atoms with Crippen LogP contribution in [0.2, 0.25) is 0 Å². The lowest BCUT2D eigenvalue weighted by atomic mass is 10.1. The van der Waals surface area contributed by atoms with Gasteiger partial charge in [0, 0.05) is 18.9 Å². The molecule has 1 amide bonds. The molecule has 0 radical (unpaired) electrons. The summed E-state index contributed by atoms with van der Waals surface area (Å²) in [6.45, 7) is 3.30. The normalized spacial score (nSPS) is 17.8. The molecule has 0 aliphatic carbocycles. The lowest BCUT2D eigenvalue weighted by Crippen LogP contribution is -2.44. The minimum absolute atomic E-state index is 0.0718. The lowest BCUT2D eigenvalue weighted by Gasteiger charge is -2.32. The Kier molecular flexibility index (Phi) is 4.76. The molecule has 1 saturated heterocycles. The van der Waals surface area contributed by atoms with Crippen LogP contribution >= 0.6 is 11.3 Å². The van der Waals surface area contributed by atoms with Gasteiger partial charge in [-0.25, -0.2) is 9.97 Å². The van der Waals surface area contributed by atoms with Crippen LogP contribution in [0.1, 0.15) is 28.1 Å². The van der Waals surface area contributed by atoms with Gasteiger partial charge >= 0.3 is 0 Å². The van der Waals surface area contributed by atoms with Crippen LogP contribution in [0, 0.1) is 6.92 Å². The minimum atomic E-state index is -0.0978. The van der Waals surface area contributed by atoms with Crippen LogP contribution in [-0.4, -0.2) is 47.1 Å². The fourth-order valence-corrected chi connectivity index (χ4v) is 3.47. The fraction of sp³-hybridized carbons (Fsp3) is 0.438. The molecule has 2 aromatic rings. The number of ether oxygens (including phenoxy) is 2. The Labute approximate surface area is 139 Å². The number of thiophene rings is 1. The topological polar surface area (TPSA) is 64.6 Å². The number of nitrogens with zero attached hydrogens (tertiary/aromatic N) is 3. The summed E-state index contributed by atoms with van der Waals surface area (Å²) >= 11 is 1.49. The number of aromatic nitrogens is 2. The first-order valence-electron chi connectivity index (χ1n) is 7.53. The van der Waals surface area contributed by atoms with Crippen LogP contribution in [-0.2, 0) is 0 Å². The first kappa shape index (κ1) is 15.7. The van der Waals surface area contributed by atoms with E-state index in [4.69, 9.17) is 9.47 Å². The van der Waals surface area contributed by atoms with Crippen molar-refractivity contribution < 1.29 is 14.3 Å². The number of aryl methyl sites for hydroxylation is 1. The van der Waals surface area contributed by atoms with Crippen LogP contribution in [0.4, 0.5) is 0 Å². The van der Waals surface area contributed by atoms with E-state index in [1.165, 1.54) is 18.4 Å². The second kappa shape index (κ2) is 6.95. The average Bonchev–Trinajstić information content (AvgIpc) is 3.01. The first-order valence-corrected chi connectivity index (χ1v) is 8.41. The Hall–Kier alpha value is -2.15. The van der Waals surface area contributed by atoms with E-state index in [2.05, 4.69) is 9.97 Å². The molecule has 0 N–H and O–H groups in total. The maximum absolute atomic E-state index is 12.6. The molecule has 1 fully saturated rings. The first-order chi connectivity index (χ1) is 11.2. The van der Waals surface area contributed by atoms with Crippen molar-refractivity contribution in [1.29, 1.82) is 0 Å². The van der Waals surface area contributed by atoms with Crippen LogP contribution in [0.25, 0.3) is 0 Å². The molecule has 0 saturated carbocycles. The summed E-state index contributed by atoms with van der Waals surface area (Å²) in [5.74, 6) is 0.814. The van der Waals surface area contributed by atoms with Gasteiger partial charge in [-0.3, -0.25) is 4.79 Å². The molecule has 0 aromatic carbocycles. The average molecular weight is 333 g/mol. The molecule has 2 aromatic heterocycles. The molecule has 1 atom stereocenters. The zero-order chi connectivity index (χ0) is 16.2. The van der Waals surface area contributed by atoms with Gasteiger partial charge in [0.1, 0.15) is 6.10 Å². The number of carbonyl (C=O) groups is 1. The van der Waals surface area contributed by atoms with Crippen molar-refractivity contribution in [2.24, 2.45) is 0 Å². The minimum Gasteiger partial charge on any atom is -0.477 e. The summed E-state index contributed by atoms with van der Waals surface area (Å²) in [6, 6.07) is 1.93. The summed E-state index contributed by atoms with van der Waals surface area (Å²) in [5.41, 5.74) is 1.12. The van der Waals surface area contributed by atoms with Crippen molar-refractivity contribution in [2.75, 3.05) is 20.2 Å². The fourth-order valence-electron chi connectivity index (χ4n) is 2.61. The van der Waals surface area contributed by atoms with Crippen LogP contribution in [0.5, 0.6) is 11.8 Å². The Morgan fingerprint density at radius 2 is 2.13 bits per heavy atom. The van der Waals surface area contributed by atoms with Gasteiger partial charge in [0.2, 0.25) is 0 Å². The van der Waals surface area contributed by atoms with Gasteiger partial charge in [0.05, 0.1) is 18.5 Å². The number of likely N-dealkylation sites (tertiary alicyclic amines) is 1. The third-order valence-corrected chi connectivity index (χ3v) is 4.75. The Morgan fingerprint density at radius 1 is 1.35 bits per heavy atom. The van der Waals surface area contributed by atoms with Gasteiger partial charge in [-0.2, -0.15) is 0 Å². The molecular weight excluding hydrogens is 314 g/mol. The number of hydrogen-bond donors (Lipinski definition) is 0. The van der Waals surface area contributed by atoms with Gasteiger partial charge in [0.25, 0.3) is 17.7 Å². The summed E-state index contributed by atoms with van der Waals surface area (Å²) < 4.78 is 11.1. The predicted molar refractivity (Wildman–Crippen MR) is 87.2 cm³/mol. The third-order valence-electron chi connectivity index (χ3n) is 3.71. The van der Waals surface area contributed by atoms with E-state index in [0.717, 1.165) is 29.8 Å². The van der Waals surface area contributed by atoms with Crippen LogP contribution in [0.15, 0.2) is 23.8 Å². The summed E-state index contributed by atoms with van der Waals surface area (Å²) in [4.78, 5) is 23.4. The maximum atomic E-state index is 12.6. The van der Waals surface area contributed by atoms with Gasteiger partial charge in [0.15, 0.2) is 0 Å². The standard InChI is InChI=1S/C16H19N3O3S/c1-11-8-13(23-10-11)16(20)19-7-3-4-12(9-19)22-15-14(21-2)17-5-6-18-15/h5-6,8,10,12H,3-4,7,9H2,1-2H3/t12-/m0/s1. The Balaban J connectivity index is 1.67. The van der Waals surface area contributed by atoms with Crippen molar-refractivity contribution in [3.05, 3.63) is 34.3 Å². The summed E-state index contributed by atoms with van der Waals surface area (Å²) in [6.07, 6.45) is 4.81. The van der Waals surface area contributed by atoms with E-state index in [1.807, 2.05) is 23.3 Å². The summed E-state index contributed by atoms with van der Waals surface area (Å²) in [7, 11) is 1.53. The molecule has 0 unspecified atom stereocenters. The van der Waals surface area contributed by atoms with E-state index in [-0.39, 0.29) is 12.0 Å². The van der Waals surface area contributed by atoms with E-state index in [1.54, 1.807) is 12.4 Å². The molecule has 0 spiro atoms. The molecule has 23 heavy (non-hydrogen) atoms. The number of hydrogen-bond acceptors (Lipinski definition) is 6. The van der Waals surface area contributed by atoms with E-state index in [0.29, 0.717) is 18.3 Å². The van der Waals surface area contributed by atoms with Crippen molar-refractivity contribution in [3.8, 4) is 11.8 Å². The quantitative estimate of drug-likeness (QED) is 0.860. The number of rotatable bonds is 4. The molecule has 1 aliphatic heterocycles. The van der Waals surface area contributed by atoms with Crippen LogP contribution < -0.4 is 9.47 Å². The van der Waals surface area contributed by atoms with Crippen molar-refractivity contribution in [2.45, 2.75) is 25.9 Å². The molecule has 6 nitrogen and oxygen atoms in total. The molecule has 1 aliphatic rings. The number of carbonyl (C=O) groups excluding carboxylic acids is 1. The third kappa shape index (κ3) is 3.61. The highest BCUT2D eigenvalue weighted by Gasteiger charge is 2.27. The van der Waals surface area contributed by atoms with Crippen molar-refractivity contribution in [3.63, 3.8) is 0 Å². The molecule has 0 bridgehead atoms. The van der Waals surface area contributed by atoms with E-state index < -0.39 is 0 Å². The number of amides is 1. The molecule has 3 rings (SSSR count). The summed E-state index contributed by atoms with van der Waals surface area (Å²) in [5, 5.41) is 2.00. The van der Waals surface area contributed by atoms with E-state index in [9.17, 15) is 4.79 Å². The van der Waals surface area contributed by atoms with E-state index >= 15 is 0 Å². The zero-order valence-corrected chi connectivity index (χ0v) is 14.0. The highest BCUT2D eigenvalue weighted by atomic mass is 32.1. The molecule has 122 valence electrons. The highest BCUT2D eigenvalue weighted by molar-refractivity contribution is 7.12. The van der Waals surface area contributed by atoms with Gasteiger partial charge < -0.3 is 14.4 Å². The largest absolute Gasteiger partial charge is 0.477 e. The molecule has 3 heterocycles. The second-order valence-electron chi connectivity index (χ2n) is 5.49. The van der Waals surface area contributed by atoms with Gasteiger partial charge in [-0.15, -0.1) is 11.3 Å². The SMILES string of the molecule is COc1nccnc1O[C@H]1CCCN(C(=O)c2cc(C)cs2)C1. The number of piperidine rings is 1. The Morgan fingerprint density at radius 3 is 2.83 bits per heavy atom. The van der Waals surface area contributed by atoms with Crippen molar-refractivity contribution >= 4 is 17.2 Å². The zero-order valence-electron chi connectivity index (χ0n) is 13.2. The van der Waals surface area contributed by atoms with Gasteiger partial charge in [-0.05, 0) is 36.8 Å². The second-order valence-corrected chi connectivity index (χ2v) is 6.40. The Bertz CT molecular complexity index is 689. The monoisotopic (exact) mass is 333 g/mol. The van der Waals surface area contributed by atoms with Crippen LogP contribution in [0.3, 0.4) is 0 Å². The van der Waals surface area contributed by atoms with Crippen molar-refractivity contribution in [1.82, 2.24) is 14.9 Å². The lowest BCUT2D eigenvalue weighted by molar-refractivity contribution is 0.0523. The predicted octanol–water partition coefficient (Wildman–Crippen LogP) is 2.54. The smallest absolute Gasteiger partial charge is 0.278 e. The van der Waals surface area contributed by atoms with Gasteiger partial charge in [-0.1, -0.05) is 0 Å².